The topological polar surface area (TPSA) is 69.7 Å². The van der Waals surface area contributed by atoms with Crippen LogP contribution in [0, 0.1) is 11.3 Å². The normalized spacial score (nSPS) is 22.3. The molecule has 0 N–H and O–H groups in total. The zero-order chi connectivity index (χ0) is 20.5. The Hall–Kier alpha value is -2.73. The monoisotopic (exact) mass is 384 g/mol. The quantitative estimate of drug-likeness (QED) is 0.326. The molecule has 6 heteroatoms. The van der Waals surface area contributed by atoms with E-state index in [0.717, 1.165) is 0 Å². The van der Waals surface area contributed by atoms with Crippen molar-refractivity contribution in [2.75, 3.05) is 27.3 Å². The summed E-state index contributed by atoms with van der Waals surface area (Å²) in [4.78, 5) is 38.9. The van der Waals surface area contributed by atoms with Crippen LogP contribution in [-0.2, 0) is 19.1 Å². The Bertz CT molecular complexity index is 852. The van der Waals surface area contributed by atoms with Gasteiger partial charge in [0.15, 0.2) is 5.70 Å². The summed E-state index contributed by atoms with van der Waals surface area (Å²) < 4.78 is 10.2. The van der Waals surface area contributed by atoms with Crippen molar-refractivity contribution in [3.8, 4) is 0 Å². The van der Waals surface area contributed by atoms with Crippen molar-refractivity contribution in [3.05, 3.63) is 59.4 Å². The van der Waals surface area contributed by atoms with Gasteiger partial charge < -0.3 is 9.47 Å². The summed E-state index contributed by atoms with van der Waals surface area (Å²) in [5.41, 5.74) is 0.204. The number of ketones is 1. The molecule has 2 aliphatic heterocycles. The molecule has 0 amide bonds. The van der Waals surface area contributed by atoms with E-state index in [1.165, 1.54) is 14.2 Å². The zero-order valence-corrected chi connectivity index (χ0v) is 16.7. The van der Waals surface area contributed by atoms with Crippen molar-refractivity contribution in [3.63, 3.8) is 0 Å². The van der Waals surface area contributed by atoms with E-state index in [0.29, 0.717) is 30.0 Å². The lowest BCUT2D eigenvalue weighted by Crippen LogP contribution is -2.50. The second kappa shape index (κ2) is 7.36. The maximum atomic E-state index is 13.3. The molecule has 1 saturated heterocycles. The number of carbonyl (C=O) groups is 3. The van der Waals surface area contributed by atoms with Crippen LogP contribution < -0.4 is 0 Å². The Morgan fingerprint density at radius 2 is 1.64 bits per heavy atom. The number of fused-ring (bicyclic) bond motifs is 1. The Balaban J connectivity index is 2.12. The number of hydrogen-bond donors (Lipinski definition) is 0. The molecule has 6 nitrogen and oxygen atoms in total. The maximum absolute atomic E-state index is 13.3. The molecule has 1 aromatic carbocycles. The summed E-state index contributed by atoms with van der Waals surface area (Å²) in [5, 5.41) is 0. The fraction of sp³-hybridized carbons (Fsp3) is 0.409. The van der Waals surface area contributed by atoms with Gasteiger partial charge >= 0.3 is 11.9 Å². The van der Waals surface area contributed by atoms with Crippen molar-refractivity contribution in [1.82, 2.24) is 0 Å². The zero-order valence-electron chi connectivity index (χ0n) is 16.7. The first-order chi connectivity index (χ1) is 13.3. The molecule has 28 heavy (non-hydrogen) atoms. The van der Waals surface area contributed by atoms with Gasteiger partial charge in [-0.3, -0.25) is 18.9 Å². The molecule has 0 spiro atoms. The van der Waals surface area contributed by atoms with E-state index in [9.17, 15) is 14.4 Å². The van der Waals surface area contributed by atoms with Gasteiger partial charge in [0.2, 0.25) is 11.2 Å². The van der Waals surface area contributed by atoms with Crippen molar-refractivity contribution in [2.24, 2.45) is 11.3 Å². The van der Waals surface area contributed by atoms with Crippen LogP contribution in [0.1, 0.15) is 30.6 Å². The smallest absolute Gasteiger partial charge is 0.333 e. The second-order valence-corrected chi connectivity index (χ2v) is 7.71. The molecular formula is C22H26NO5+. The summed E-state index contributed by atoms with van der Waals surface area (Å²) in [6.45, 7) is 5.18. The van der Waals surface area contributed by atoms with Crippen LogP contribution in [0.3, 0.4) is 0 Å². The molecule has 0 aromatic heterocycles. The van der Waals surface area contributed by atoms with Gasteiger partial charge in [-0.05, 0) is 0 Å². The van der Waals surface area contributed by atoms with Gasteiger partial charge in [-0.15, -0.1) is 0 Å². The van der Waals surface area contributed by atoms with E-state index in [1.54, 1.807) is 24.3 Å². The number of rotatable bonds is 6. The average molecular weight is 384 g/mol. The Kier molecular flexibility index (Phi) is 5.26. The maximum Gasteiger partial charge on any atom is 0.333 e. The molecule has 148 valence electrons. The van der Waals surface area contributed by atoms with Gasteiger partial charge in [0.25, 0.3) is 0 Å². The van der Waals surface area contributed by atoms with E-state index >= 15 is 0 Å². The first-order valence-electron chi connectivity index (χ1n) is 9.40. The number of allylic oxidation sites excluding steroid dienone is 3. The molecule has 0 aliphatic carbocycles. The third-order valence-corrected chi connectivity index (χ3v) is 5.64. The summed E-state index contributed by atoms with van der Waals surface area (Å²) in [6.07, 6.45) is 3.72. The number of Topliss-reactive ketones (excluding diaryl/α,β-unsaturated/α-hetero) is 1. The van der Waals surface area contributed by atoms with Crippen LogP contribution in [0.5, 0.6) is 0 Å². The Morgan fingerprint density at radius 3 is 2.18 bits per heavy atom. The van der Waals surface area contributed by atoms with Crippen LogP contribution >= 0.6 is 0 Å². The largest absolute Gasteiger partial charge is 0.468 e. The minimum Gasteiger partial charge on any atom is -0.468 e. The van der Waals surface area contributed by atoms with Crippen molar-refractivity contribution >= 4 is 17.7 Å². The fourth-order valence-corrected chi connectivity index (χ4v) is 4.57. The number of nitrogens with zero attached hydrogens (tertiary/aromatic N) is 1. The lowest BCUT2D eigenvalue weighted by atomic mass is 9.83. The highest BCUT2D eigenvalue weighted by molar-refractivity contribution is 6.09. The Labute approximate surface area is 165 Å². The van der Waals surface area contributed by atoms with Gasteiger partial charge in [0.1, 0.15) is 5.70 Å². The van der Waals surface area contributed by atoms with Crippen LogP contribution in [0.4, 0.5) is 0 Å². The standard InChI is InChI=1S/C22H26NO5/c1-15(2)14-23-13-12-22(20(25)27-3,21(26)28-4)18(23)11-10-17(23)19(24)16-8-6-5-7-9-16/h5-11,15H,12-14H2,1-4H3/q+1. The molecule has 1 fully saturated rings. The average Bonchev–Trinajstić information content (AvgIpc) is 3.21. The lowest BCUT2D eigenvalue weighted by molar-refractivity contribution is -0.842. The molecule has 0 bridgehead atoms. The molecular weight excluding hydrogens is 358 g/mol. The summed E-state index contributed by atoms with van der Waals surface area (Å²) in [5.74, 6) is -1.15. The third kappa shape index (κ3) is 2.79. The summed E-state index contributed by atoms with van der Waals surface area (Å²) >= 11 is 0. The number of benzene rings is 1. The lowest BCUT2D eigenvalue weighted by Gasteiger charge is -2.36. The number of ether oxygens (including phenoxy) is 2. The van der Waals surface area contributed by atoms with Gasteiger partial charge in [-0.2, -0.15) is 0 Å². The van der Waals surface area contributed by atoms with E-state index < -0.39 is 17.4 Å². The van der Waals surface area contributed by atoms with E-state index in [4.69, 9.17) is 9.47 Å². The number of quaternary nitrogens is 1. The number of hydrogen-bond acceptors (Lipinski definition) is 5. The summed E-state index contributed by atoms with van der Waals surface area (Å²) in [7, 11) is 2.53. The van der Waals surface area contributed by atoms with Gasteiger partial charge in [0.05, 0.1) is 27.3 Å². The molecule has 2 heterocycles. The minimum absolute atomic E-state index is 0.0990. The van der Waals surface area contributed by atoms with E-state index in [2.05, 4.69) is 13.8 Å². The molecule has 2 aliphatic rings. The van der Waals surface area contributed by atoms with Crippen LogP contribution in [-0.4, -0.2) is 49.5 Å². The fourth-order valence-electron chi connectivity index (χ4n) is 4.57. The number of methoxy groups -OCH3 is 2. The first kappa shape index (κ1) is 20.0. The number of esters is 2. The number of carbonyl (C=O) groups excluding carboxylic acids is 3. The Morgan fingerprint density at radius 1 is 1.04 bits per heavy atom. The van der Waals surface area contributed by atoms with Crippen LogP contribution in [0.2, 0.25) is 0 Å². The van der Waals surface area contributed by atoms with Crippen LogP contribution in [0.15, 0.2) is 53.9 Å². The van der Waals surface area contributed by atoms with Crippen molar-refractivity contribution < 1.29 is 28.3 Å². The highest BCUT2D eigenvalue weighted by Gasteiger charge is 2.68. The predicted octanol–water partition coefficient (Wildman–Crippen LogP) is 2.86. The SMILES string of the molecule is COC(=O)C1(C(=O)OC)CC[N+]2(CC(C)C)C(C(=O)c3ccccc3)=CC=C12. The second-order valence-electron chi connectivity index (χ2n) is 7.71. The van der Waals surface area contributed by atoms with Gasteiger partial charge in [-0.1, -0.05) is 44.2 Å². The van der Waals surface area contributed by atoms with Crippen molar-refractivity contribution in [1.29, 1.82) is 0 Å². The molecule has 1 atom stereocenters. The minimum atomic E-state index is -1.52. The van der Waals surface area contributed by atoms with Gasteiger partial charge in [-0.25, -0.2) is 0 Å². The van der Waals surface area contributed by atoms with Gasteiger partial charge in [0, 0.05) is 30.1 Å². The molecule has 0 saturated carbocycles. The predicted molar refractivity (Wildman–Crippen MR) is 103 cm³/mol. The third-order valence-electron chi connectivity index (χ3n) is 5.64. The van der Waals surface area contributed by atoms with E-state index in [1.807, 2.05) is 18.2 Å². The van der Waals surface area contributed by atoms with Crippen LogP contribution in [0.25, 0.3) is 0 Å². The van der Waals surface area contributed by atoms with E-state index in [-0.39, 0.29) is 22.6 Å². The molecule has 1 aromatic rings. The first-order valence-corrected chi connectivity index (χ1v) is 9.40. The summed E-state index contributed by atoms with van der Waals surface area (Å²) in [6, 6.07) is 9.05. The molecule has 3 rings (SSSR count). The molecule has 1 unspecified atom stereocenters. The molecule has 0 radical (unpaired) electrons. The van der Waals surface area contributed by atoms with Crippen molar-refractivity contribution in [2.45, 2.75) is 20.3 Å². The highest BCUT2D eigenvalue weighted by atomic mass is 16.5. The highest BCUT2D eigenvalue weighted by Crippen LogP contribution is 2.53.